The summed E-state index contributed by atoms with van der Waals surface area (Å²) in [5.41, 5.74) is 1.63. The quantitative estimate of drug-likeness (QED) is 0.694. The molecule has 1 aromatic rings. The van der Waals surface area contributed by atoms with E-state index in [2.05, 4.69) is 17.0 Å². The molecule has 7 heteroatoms. The van der Waals surface area contributed by atoms with E-state index in [1.807, 2.05) is 52.5 Å². The molecule has 1 aliphatic carbocycles. The highest BCUT2D eigenvalue weighted by atomic mass is 19.1. The van der Waals surface area contributed by atoms with Gasteiger partial charge in [0.2, 0.25) is 5.91 Å². The zero-order chi connectivity index (χ0) is 22.3. The van der Waals surface area contributed by atoms with Crippen LogP contribution in [0, 0.1) is 0 Å². The fourth-order valence-electron chi connectivity index (χ4n) is 5.43. The number of hydrogen-bond donors (Lipinski definition) is 0. The van der Waals surface area contributed by atoms with Crippen LogP contribution in [-0.2, 0) is 19.5 Å². The van der Waals surface area contributed by atoms with Gasteiger partial charge in [-0.1, -0.05) is 12.1 Å². The van der Waals surface area contributed by atoms with E-state index >= 15 is 0 Å². The molecule has 1 aromatic carbocycles. The Bertz CT molecular complexity index is 896. The number of halogens is 1. The minimum absolute atomic E-state index is 0.154. The number of likely N-dealkylation sites (tertiary alicyclic amines) is 1. The van der Waals surface area contributed by atoms with Crippen molar-refractivity contribution in [3.05, 3.63) is 23.8 Å². The lowest BCUT2D eigenvalue weighted by molar-refractivity contribution is -0.123. The van der Waals surface area contributed by atoms with Crippen molar-refractivity contribution < 1.29 is 18.5 Å². The third kappa shape index (κ3) is 3.18. The van der Waals surface area contributed by atoms with Crippen molar-refractivity contribution in [2.75, 3.05) is 18.0 Å². The van der Waals surface area contributed by atoms with Crippen molar-refractivity contribution in [1.82, 2.24) is 4.90 Å². The minimum atomic E-state index is -0.699. The van der Waals surface area contributed by atoms with Crippen molar-refractivity contribution >= 4 is 24.2 Å². The molecule has 1 atom stereocenters. The van der Waals surface area contributed by atoms with E-state index in [-0.39, 0.29) is 11.9 Å². The van der Waals surface area contributed by atoms with Crippen LogP contribution in [0.1, 0.15) is 66.4 Å². The van der Waals surface area contributed by atoms with Crippen LogP contribution in [-0.4, -0.2) is 60.5 Å². The molecule has 4 aliphatic rings. The summed E-state index contributed by atoms with van der Waals surface area (Å²) in [5.74, 6) is 0.154. The average molecular weight is 428 g/mol. The molecule has 3 heterocycles. The van der Waals surface area contributed by atoms with Gasteiger partial charge in [-0.15, -0.1) is 0 Å². The number of rotatable bonds is 3. The second-order valence-electron chi connectivity index (χ2n) is 11.3. The number of carbonyl (C=O) groups is 1. The highest BCUT2D eigenvalue weighted by molar-refractivity contribution is 6.62. The van der Waals surface area contributed by atoms with Gasteiger partial charge in [0, 0.05) is 30.9 Å². The van der Waals surface area contributed by atoms with E-state index in [1.165, 1.54) is 0 Å². The molecule has 0 radical (unpaired) electrons. The Hall–Kier alpha value is -1.44. The summed E-state index contributed by atoms with van der Waals surface area (Å²) in [6.07, 6.45) is 1.76. The molecule has 5 nitrogen and oxygen atoms in total. The van der Waals surface area contributed by atoms with Gasteiger partial charge in [-0.2, -0.15) is 0 Å². The van der Waals surface area contributed by atoms with E-state index in [0.717, 1.165) is 36.1 Å². The van der Waals surface area contributed by atoms with Crippen LogP contribution < -0.4 is 10.4 Å². The number of amides is 1. The molecule has 168 valence electrons. The molecule has 1 amide bonds. The van der Waals surface area contributed by atoms with Crippen LogP contribution in [0.2, 0.25) is 0 Å². The monoisotopic (exact) mass is 428 g/mol. The van der Waals surface area contributed by atoms with Crippen LogP contribution in [0.4, 0.5) is 10.1 Å². The largest absolute Gasteiger partial charge is 0.494 e. The highest BCUT2D eigenvalue weighted by Crippen LogP contribution is 2.46. The van der Waals surface area contributed by atoms with Crippen LogP contribution in [0.25, 0.3) is 0 Å². The summed E-state index contributed by atoms with van der Waals surface area (Å²) in [7, 11) is -0.448. The van der Waals surface area contributed by atoms with E-state index in [1.54, 1.807) is 0 Å². The molecule has 3 aliphatic heterocycles. The van der Waals surface area contributed by atoms with Gasteiger partial charge in [0.05, 0.1) is 16.6 Å². The topological polar surface area (TPSA) is 42.0 Å². The minimum Gasteiger partial charge on any atom is -0.399 e. The number of anilines is 1. The summed E-state index contributed by atoms with van der Waals surface area (Å²) >= 11 is 0. The van der Waals surface area contributed by atoms with E-state index in [4.69, 9.17) is 9.31 Å². The van der Waals surface area contributed by atoms with Crippen LogP contribution >= 0.6 is 0 Å². The molecule has 0 spiro atoms. The molecule has 0 bridgehead atoms. The van der Waals surface area contributed by atoms with Gasteiger partial charge in [0.25, 0.3) is 0 Å². The summed E-state index contributed by atoms with van der Waals surface area (Å²) in [5, 5.41) is 0. The Labute approximate surface area is 185 Å². The lowest BCUT2D eigenvalue weighted by Gasteiger charge is -2.45. The van der Waals surface area contributed by atoms with Gasteiger partial charge in [-0.3, -0.25) is 9.69 Å². The number of carbonyl (C=O) groups excluding carboxylic acids is 1. The summed E-state index contributed by atoms with van der Waals surface area (Å²) in [6.45, 7) is 13.6. The third-order valence-corrected chi connectivity index (χ3v) is 8.37. The van der Waals surface area contributed by atoms with Crippen molar-refractivity contribution in [2.24, 2.45) is 0 Å². The lowest BCUT2D eigenvalue weighted by Crippen LogP contribution is -2.56. The predicted octanol–water partition coefficient (Wildman–Crippen LogP) is 3.18. The lowest BCUT2D eigenvalue weighted by atomic mass is 9.76. The van der Waals surface area contributed by atoms with Gasteiger partial charge in [0.1, 0.15) is 6.17 Å². The highest BCUT2D eigenvalue weighted by Gasteiger charge is 2.54. The molecular formula is C24H34BFN2O3. The first kappa shape index (κ1) is 21.4. The second kappa shape index (κ2) is 6.78. The first-order valence-electron chi connectivity index (χ1n) is 11.6. The van der Waals surface area contributed by atoms with Crippen molar-refractivity contribution in [1.29, 1.82) is 0 Å². The SMILES string of the molecule is CC1(C)C(=O)N(C2CC(N3CC[C@@H](F)C3)C2)c2cc(B3OC(C)(C)C(C)(C)O3)ccc21. The predicted molar refractivity (Wildman–Crippen MR) is 121 cm³/mol. The van der Waals surface area contributed by atoms with E-state index < -0.39 is 29.9 Å². The average Bonchev–Trinajstić information content (AvgIpc) is 3.21. The molecule has 3 fully saturated rings. The first-order chi connectivity index (χ1) is 14.4. The molecule has 0 N–H and O–H groups in total. The van der Waals surface area contributed by atoms with Crippen LogP contribution in [0.5, 0.6) is 0 Å². The van der Waals surface area contributed by atoms with Crippen LogP contribution in [0.3, 0.4) is 0 Å². The summed E-state index contributed by atoms with van der Waals surface area (Å²) in [6, 6.07) is 6.75. The number of alkyl halides is 1. The molecule has 2 saturated heterocycles. The molecular weight excluding hydrogens is 394 g/mol. The van der Waals surface area contributed by atoms with Crippen LogP contribution in [0.15, 0.2) is 18.2 Å². The van der Waals surface area contributed by atoms with E-state index in [9.17, 15) is 9.18 Å². The standard InChI is InChI=1S/C24H34BFN2O3/c1-22(2)19-8-7-15(25-30-23(3,4)24(5,6)31-25)11-20(19)28(21(22)29)18-12-17(13-18)27-10-9-16(26)14-27/h7-8,11,16-18H,9-10,12-14H2,1-6H3/t16-,17?,18?/m1/s1. The molecule has 31 heavy (non-hydrogen) atoms. The number of hydrogen-bond acceptors (Lipinski definition) is 4. The Balaban J connectivity index is 1.40. The van der Waals surface area contributed by atoms with Crippen molar-refractivity contribution in [3.8, 4) is 0 Å². The normalized spacial score (nSPS) is 33.6. The number of nitrogens with zero attached hydrogens (tertiary/aromatic N) is 2. The zero-order valence-corrected chi connectivity index (χ0v) is 19.6. The molecule has 1 saturated carbocycles. The number of benzene rings is 1. The summed E-state index contributed by atoms with van der Waals surface area (Å²) < 4.78 is 26.1. The zero-order valence-electron chi connectivity index (χ0n) is 19.6. The molecule has 0 unspecified atom stereocenters. The third-order valence-electron chi connectivity index (χ3n) is 8.37. The molecule has 0 aromatic heterocycles. The number of fused-ring (bicyclic) bond motifs is 1. The fourth-order valence-corrected chi connectivity index (χ4v) is 5.43. The molecule has 5 rings (SSSR count). The van der Waals surface area contributed by atoms with Crippen molar-refractivity contribution in [3.63, 3.8) is 0 Å². The van der Waals surface area contributed by atoms with Gasteiger partial charge in [-0.25, -0.2) is 4.39 Å². The maximum atomic E-state index is 13.6. The van der Waals surface area contributed by atoms with Gasteiger partial charge >= 0.3 is 7.12 Å². The second-order valence-corrected chi connectivity index (χ2v) is 11.3. The van der Waals surface area contributed by atoms with Crippen molar-refractivity contribution in [2.45, 2.75) is 95.7 Å². The maximum absolute atomic E-state index is 13.6. The Morgan fingerprint density at radius 3 is 2.26 bits per heavy atom. The Morgan fingerprint density at radius 1 is 1.03 bits per heavy atom. The maximum Gasteiger partial charge on any atom is 0.494 e. The Morgan fingerprint density at radius 2 is 1.68 bits per heavy atom. The van der Waals surface area contributed by atoms with Gasteiger partial charge < -0.3 is 14.2 Å². The summed E-state index contributed by atoms with van der Waals surface area (Å²) in [4.78, 5) is 17.7. The fraction of sp³-hybridized carbons (Fsp3) is 0.708. The smallest absolute Gasteiger partial charge is 0.399 e. The Kier molecular flexibility index (Phi) is 4.69. The first-order valence-corrected chi connectivity index (χ1v) is 11.6. The van der Waals surface area contributed by atoms with Gasteiger partial charge in [-0.05, 0) is 77.9 Å². The van der Waals surface area contributed by atoms with E-state index in [0.29, 0.717) is 19.0 Å². The van der Waals surface area contributed by atoms with Gasteiger partial charge in [0.15, 0.2) is 0 Å².